The van der Waals surface area contributed by atoms with Gasteiger partial charge in [0, 0.05) is 0 Å². The van der Waals surface area contributed by atoms with E-state index in [4.69, 9.17) is 19.4 Å². The van der Waals surface area contributed by atoms with Gasteiger partial charge in [0.1, 0.15) is 0 Å². The van der Waals surface area contributed by atoms with Gasteiger partial charge in [0.25, 0.3) is 0 Å². The van der Waals surface area contributed by atoms with E-state index in [0.717, 1.165) is 0 Å². The van der Waals surface area contributed by atoms with Crippen molar-refractivity contribution in [3.63, 3.8) is 0 Å². The molecule has 6 heteroatoms. The van der Waals surface area contributed by atoms with Crippen LogP contribution in [0.15, 0.2) is 303 Å². The Bertz CT molecular complexity index is 2120. The minimum atomic E-state index is -1.83. The van der Waals surface area contributed by atoms with E-state index in [2.05, 4.69) is 279 Å². The van der Waals surface area contributed by atoms with Gasteiger partial charge in [0.15, 0.2) is 0 Å². The third-order valence-corrected chi connectivity index (χ3v) is 30.7. The third kappa shape index (κ3) is 17.2. The summed E-state index contributed by atoms with van der Waals surface area (Å²) in [5.41, 5.74) is 0. The van der Waals surface area contributed by atoms with Crippen molar-refractivity contribution in [3.8, 4) is 0 Å². The monoisotopic (exact) mass is 1310 g/mol. The Kier molecular flexibility index (Phi) is 24.1. The van der Waals surface area contributed by atoms with Crippen molar-refractivity contribution in [2.45, 2.75) is 0 Å². The van der Waals surface area contributed by atoms with Gasteiger partial charge in [-0.3, -0.25) is 0 Å². The molecule has 0 bridgehead atoms. The molecule has 0 aliphatic rings. The molecule has 0 fully saturated rings. The average Bonchev–Trinajstić information content (AvgIpc) is 3.41. The van der Waals surface area contributed by atoms with Gasteiger partial charge < -0.3 is 0 Å². The summed E-state index contributed by atoms with van der Waals surface area (Å²) >= 11 is -5.70. The van der Waals surface area contributed by atoms with E-state index < -0.39 is 60.6 Å². The van der Waals surface area contributed by atoms with Crippen molar-refractivity contribution in [1.82, 2.24) is 0 Å². The summed E-state index contributed by atoms with van der Waals surface area (Å²) in [6, 6.07) is 111. The first-order valence-corrected chi connectivity index (χ1v) is 37.1. The van der Waals surface area contributed by atoms with E-state index in [0.29, 0.717) is 0 Å². The predicted octanol–water partition coefficient (Wildman–Crippen LogP) is 9.47. The summed E-state index contributed by atoms with van der Waals surface area (Å²) in [6.07, 6.45) is 0. The van der Waals surface area contributed by atoms with E-state index in [1.807, 2.05) is 30.3 Å². The van der Waals surface area contributed by atoms with Crippen LogP contribution in [0.3, 0.4) is 0 Å². The Morgan fingerprint density at radius 2 is 0.333 bits per heavy atom. The maximum atomic E-state index is 4.83. The van der Waals surface area contributed by atoms with Gasteiger partial charge in [-0.15, -0.1) is 0 Å². The van der Waals surface area contributed by atoms with Crippen molar-refractivity contribution < 1.29 is 15.1 Å². The molecule has 0 atom stereocenters. The summed E-state index contributed by atoms with van der Waals surface area (Å²) in [5, 5.41) is 0. The molecule has 0 aliphatic heterocycles. The van der Waals surface area contributed by atoms with Crippen LogP contribution >= 0.6 is 19.4 Å². The second-order valence-electron chi connectivity index (χ2n) is 14.2. The molecule has 66 heavy (non-hydrogen) atoms. The zero-order valence-electron chi connectivity index (χ0n) is 36.3. The van der Waals surface area contributed by atoms with E-state index in [1.54, 1.807) is 0 Å². The van der Waals surface area contributed by atoms with Gasteiger partial charge in [-0.2, -0.15) is 36.4 Å². The van der Waals surface area contributed by atoms with Gasteiger partial charge >= 0.3 is 400 Å². The number of benzene rings is 10. The molecule has 0 N–H and O–H groups in total. The SMILES string of the molecule is [Cl][Rh+][Cl].[c-]1ccccc1.c1cc[c]([Sb]([c]2ccccc2)[c]2ccccc2)cc1.c1cc[c]([Sb]([c]2ccccc2)[c]2ccccc2)cc1.c1cc[c]([Sb]([c]2ccccc2)[c]2ccccc2)cc1. The molecule has 10 aromatic rings. The Morgan fingerprint density at radius 3 is 0.424 bits per heavy atom. The van der Waals surface area contributed by atoms with Crippen LogP contribution in [-0.4, -0.2) is 60.6 Å². The van der Waals surface area contributed by atoms with Gasteiger partial charge in [-0.25, -0.2) is 0 Å². The van der Waals surface area contributed by atoms with Crippen LogP contribution in [0.25, 0.3) is 0 Å². The van der Waals surface area contributed by atoms with Crippen LogP contribution < -0.4 is 31.6 Å². The Morgan fingerprint density at radius 1 is 0.212 bits per heavy atom. The number of rotatable bonds is 9. The normalized spacial score (nSPS) is 10.2. The summed E-state index contributed by atoms with van der Waals surface area (Å²) < 4.78 is 13.6. The third-order valence-electron chi connectivity index (χ3n) is 9.74. The van der Waals surface area contributed by atoms with Crippen LogP contribution in [0, 0.1) is 6.07 Å². The number of halogens is 2. The molecule has 0 nitrogen and oxygen atoms in total. The molecule has 328 valence electrons. The van der Waals surface area contributed by atoms with E-state index in [9.17, 15) is 0 Å². The number of hydrogen-bond acceptors (Lipinski definition) is 0. The Hall–Kier alpha value is -4.14. The van der Waals surface area contributed by atoms with Crippen LogP contribution in [0.5, 0.6) is 0 Å². The summed E-state index contributed by atoms with van der Waals surface area (Å²) in [4.78, 5) is 0. The quantitative estimate of drug-likeness (QED) is 0.1000. The first-order chi connectivity index (χ1) is 32.8. The van der Waals surface area contributed by atoms with E-state index in [-0.39, 0.29) is 15.1 Å². The molecule has 10 rings (SSSR count). The molecule has 0 spiro atoms. The molecule has 0 saturated carbocycles. The van der Waals surface area contributed by atoms with Crippen LogP contribution in [-0.2, 0) is 15.1 Å². The molecule has 10 aromatic carbocycles. The molecular formula is C60H50Cl2RhSb3. The summed E-state index contributed by atoms with van der Waals surface area (Å²) in [7, 11) is 9.67. The Labute approximate surface area is 430 Å². The Balaban J connectivity index is 0.000000149. The van der Waals surface area contributed by atoms with E-state index >= 15 is 0 Å². The number of hydrogen-bond donors (Lipinski definition) is 0. The second-order valence-corrected chi connectivity index (χ2v) is 35.6. The van der Waals surface area contributed by atoms with Gasteiger partial charge in [0.2, 0.25) is 0 Å². The van der Waals surface area contributed by atoms with Crippen molar-refractivity contribution in [3.05, 3.63) is 309 Å². The van der Waals surface area contributed by atoms with Crippen molar-refractivity contribution in [1.29, 1.82) is 0 Å². The average molecular weight is 1310 g/mol. The molecule has 0 saturated heterocycles. The van der Waals surface area contributed by atoms with Crippen LogP contribution in [0.4, 0.5) is 0 Å². The fourth-order valence-corrected chi connectivity index (χ4v) is 26.6. The minimum absolute atomic E-state index is 0.226. The summed E-state index contributed by atoms with van der Waals surface area (Å²) in [5.74, 6) is 0. The van der Waals surface area contributed by atoms with Gasteiger partial charge in [-0.05, 0) is 0 Å². The fraction of sp³-hybridized carbons (Fsp3) is 0. The van der Waals surface area contributed by atoms with Crippen LogP contribution in [0.1, 0.15) is 0 Å². The van der Waals surface area contributed by atoms with Crippen molar-refractivity contribution in [2.24, 2.45) is 0 Å². The molecule has 0 aliphatic carbocycles. The zero-order valence-corrected chi connectivity index (χ0v) is 47.1. The van der Waals surface area contributed by atoms with Crippen LogP contribution in [0.2, 0.25) is 0 Å². The first kappa shape index (κ1) is 51.3. The predicted molar refractivity (Wildman–Crippen MR) is 289 cm³/mol. The molecule has 0 amide bonds. The van der Waals surface area contributed by atoms with Gasteiger partial charge in [0.05, 0.1) is 0 Å². The van der Waals surface area contributed by atoms with Gasteiger partial charge in [-0.1, -0.05) is 0 Å². The standard InChI is InChI=1S/10C6H5.2ClH.Rh.3Sb/c10*1-2-4-6-5-3-1;;;;;;/h10*1-5H;2*1H;;;;/q;;;;;;;;;-1;;;+3;;;/p-2. The molecule has 0 heterocycles. The fourth-order valence-electron chi connectivity index (χ4n) is 6.88. The van der Waals surface area contributed by atoms with E-state index in [1.165, 1.54) is 31.6 Å². The first-order valence-electron chi connectivity index (χ1n) is 21.4. The molecular weight excluding hydrogens is 1260 g/mol. The summed E-state index contributed by atoms with van der Waals surface area (Å²) in [6.45, 7) is 0. The second kappa shape index (κ2) is 31.0. The molecule has 0 radical (unpaired) electrons. The van der Waals surface area contributed by atoms with Crippen molar-refractivity contribution in [2.75, 3.05) is 0 Å². The molecule has 0 unspecified atom stereocenters. The van der Waals surface area contributed by atoms with Crippen molar-refractivity contribution >= 4 is 112 Å². The molecule has 0 aromatic heterocycles. The topological polar surface area (TPSA) is 0 Å². The zero-order chi connectivity index (χ0) is 45.7. The maximum absolute atomic E-state index is 4.83.